The monoisotopic (exact) mass is 356 g/mol. The van der Waals surface area contributed by atoms with Crippen molar-refractivity contribution in [3.05, 3.63) is 34.1 Å². The van der Waals surface area contributed by atoms with Crippen molar-refractivity contribution in [3.63, 3.8) is 0 Å². The Hall–Kier alpha value is -0.450. The minimum Gasteiger partial charge on any atom is -0.308 e. The molecule has 2 rings (SSSR count). The maximum Gasteiger partial charge on any atom is 0.124 e. The first-order valence-electron chi connectivity index (χ1n) is 7.76. The highest BCUT2D eigenvalue weighted by atomic mass is 79.9. The Labute approximate surface area is 136 Å². The summed E-state index contributed by atoms with van der Waals surface area (Å²) in [6.45, 7) is 11.9. The molecule has 0 spiro atoms. The molecular formula is C17H26BrFN2. The predicted octanol–water partition coefficient (Wildman–Crippen LogP) is 4.33. The van der Waals surface area contributed by atoms with Crippen molar-refractivity contribution in [2.45, 2.75) is 58.2 Å². The zero-order valence-corrected chi connectivity index (χ0v) is 15.1. The highest BCUT2D eigenvalue weighted by molar-refractivity contribution is 9.10. The number of rotatable bonds is 4. The molecular weight excluding hydrogens is 331 g/mol. The predicted molar refractivity (Wildman–Crippen MR) is 89.9 cm³/mol. The molecule has 0 amide bonds. The van der Waals surface area contributed by atoms with E-state index in [4.69, 9.17) is 0 Å². The molecule has 2 unspecified atom stereocenters. The molecule has 0 radical (unpaired) electrons. The van der Waals surface area contributed by atoms with Gasteiger partial charge in [0.15, 0.2) is 0 Å². The van der Waals surface area contributed by atoms with Crippen molar-refractivity contribution in [1.82, 2.24) is 10.2 Å². The summed E-state index contributed by atoms with van der Waals surface area (Å²) in [5.41, 5.74) is 1.44. The number of piperazine rings is 1. The van der Waals surface area contributed by atoms with E-state index in [-0.39, 0.29) is 16.9 Å². The maximum absolute atomic E-state index is 13.3. The summed E-state index contributed by atoms with van der Waals surface area (Å²) < 4.78 is 14.1. The lowest BCUT2D eigenvalue weighted by molar-refractivity contribution is 0.0103. The van der Waals surface area contributed by atoms with Crippen LogP contribution in [0.3, 0.4) is 0 Å². The lowest BCUT2D eigenvalue weighted by Gasteiger charge is -2.52. The third-order valence-electron chi connectivity index (χ3n) is 5.12. The van der Waals surface area contributed by atoms with Crippen molar-refractivity contribution in [1.29, 1.82) is 0 Å². The average molecular weight is 357 g/mol. The van der Waals surface area contributed by atoms with Crippen molar-refractivity contribution in [3.8, 4) is 0 Å². The van der Waals surface area contributed by atoms with Crippen LogP contribution in [0.4, 0.5) is 4.39 Å². The van der Waals surface area contributed by atoms with Gasteiger partial charge in [0.25, 0.3) is 0 Å². The van der Waals surface area contributed by atoms with Crippen molar-refractivity contribution < 1.29 is 4.39 Å². The highest BCUT2D eigenvalue weighted by Crippen LogP contribution is 2.31. The van der Waals surface area contributed by atoms with E-state index in [1.807, 2.05) is 6.07 Å². The zero-order chi connectivity index (χ0) is 15.7. The van der Waals surface area contributed by atoms with Gasteiger partial charge in [0.05, 0.1) is 0 Å². The van der Waals surface area contributed by atoms with Crippen molar-refractivity contribution in [2.24, 2.45) is 0 Å². The molecule has 0 aliphatic carbocycles. The van der Waals surface area contributed by atoms with Gasteiger partial charge in [0, 0.05) is 35.2 Å². The SMILES string of the molecule is CCC1(C)CN(Cc2ccc(F)cc2Br)C(C)(CC)CN1. The van der Waals surface area contributed by atoms with Crippen molar-refractivity contribution in [2.75, 3.05) is 13.1 Å². The average Bonchev–Trinajstić information content (AvgIpc) is 2.46. The third-order valence-corrected chi connectivity index (χ3v) is 5.86. The summed E-state index contributed by atoms with van der Waals surface area (Å²) in [6, 6.07) is 4.99. The Bertz CT molecular complexity index is 508. The van der Waals surface area contributed by atoms with Gasteiger partial charge in [0.2, 0.25) is 0 Å². The molecule has 21 heavy (non-hydrogen) atoms. The first-order chi connectivity index (χ1) is 9.82. The van der Waals surface area contributed by atoms with Gasteiger partial charge in [-0.2, -0.15) is 0 Å². The van der Waals surface area contributed by atoms with Crippen LogP contribution >= 0.6 is 15.9 Å². The first-order valence-corrected chi connectivity index (χ1v) is 8.55. The minimum atomic E-state index is -0.192. The Morgan fingerprint density at radius 1 is 1.29 bits per heavy atom. The number of halogens is 2. The number of hydrogen-bond donors (Lipinski definition) is 1. The molecule has 1 aromatic rings. The van der Waals surface area contributed by atoms with Gasteiger partial charge in [-0.1, -0.05) is 35.8 Å². The second-order valence-corrected chi connectivity index (χ2v) is 7.56. The molecule has 1 aliphatic rings. The summed E-state index contributed by atoms with van der Waals surface area (Å²) in [5, 5.41) is 3.71. The maximum atomic E-state index is 13.3. The van der Waals surface area contributed by atoms with Crippen LogP contribution in [-0.4, -0.2) is 29.1 Å². The van der Waals surface area contributed by atoms with Crippen molar-refractivity contribution >= 4 is 15.9 Å². The van der Waals surface area contributed by atoms with Crippen LogP contribution in [0.15, 0.2) is 22.7 Å². The fourth-order valence-electron chi connectivity index (χ4n) is 2.87. The van der Waals surface area contributed by atoms with E-state index in [1.54, 1.807) is 12.1 Å². The zero-order valence-electron chi connectivity index (χ0n) is 13.5. The number of hydrogen-bond acceptors (Lipinski definition) is 2. The quantitative estimate of drug-likeness (QED) is 0.863. The van der Waals surface area contributed by atoms with Gasteiger partial charge in [-0.05, 0) is 44.4 Å². The topological polar surface area (TPSA) is 15.3 Å². The lowest BCUT2D eigenvalue weighted by atomic mass is 9.85. The third kappa shape index (κ3) is 3.66. The van der Waals surface area contributed by atoms with E-state index in [1.165, 1.54) is 0 Å². The smallest absolute Gasteiger partial charge is 0.124 e. The summed E-state index contributed by atoms with van der Waals surface area (Å²) in [6.07, 6.45) is 2.20. The van der Waals surface area contributed by atoms with E-state index in [2.05, 4.69) is 53.8 Å². The van der Waals surface area contributed by atoms with Crippen LogP contribution in [0.5, 0.6) is 0 Å². The molecule has 1 aliphatic heterocycles. The van der Waals surface area contributed by atoms with Gasteiger partial charge < -0.3 is 5.32 Å². The van der Waals surface area contributed by atoms with Gasteiger partial charge in [-0.15, -0.1) is 0 Å². The second kappa shape index (κ2) is 6.35. The van der Waals surface area contributed by atoms with E-state index in [0.717, 1.165) is 42.5 Å². The van der Waals surface area contributed by atoms with Gasteiger partial charge in [-0.3, -0.25) is 4.90 Å². The standard InChI is InChI=1S/C17H26BrFN2/c1-5-16(3)12-21(17(4,6-2)11-20-16)10-13-7-8-14(19)9-15(13)18/h7-9,20H,5-6,10-12H2,1-4H3. The Morgan fingerprint density at radius 2 is 2.00 bits per heavy atom. The molecule has 1 aromatic carbocycles. The molecule has 1 saturated heterocycles. The Morgan fingerprint density at radius 3 is 2.57 bits per heavy atom. The van der Waals surface area contributed by atoms with Crippen LogP contribution in [-0.2, 0) is 6.54 Å². The summed E-state index contributed by atoms with van der Waals surface area (Å²) in [4.78, 5) is 2.55. The fourth-order valence-corrected chi connectivity index (χ4v) is 3.35. The van der Waals surface area contributed by atoms with E-state index in [9.17, 15) is 4.39 Å². The normalized spacial score (nSPS) is 30.6. The molecule has 2 nitrogen and oxygen atoms in total. The molecule has 1 fully saturated rings. The Balaban J connectivity index is 2.24. The van der Waals surface area contributed by atoms with Crippen LogP contribution in [0, 0.1) is 5.82 Å². The molecule has 1 heterocycles. The molecule has 0 saturated carbocycles. The number of nitrogens with zero attached hydrogens (tertiary/aromatic N) is 1. The fraction of sp³-hybridized carbons (Fsp3) is 0.647. The van der Waals surface area contributed by atoms with Crippen LogP contribution in [0.2, 0.25) is 0 Å². The van der Waals surface area contributed by atoms with E-state index >= 15 is 0 Å². The summed E-state index contributed by atoms with van der Waals surface area (Å²) in [7, 11) is 0. The molecule has 0 bridgehead atoms. The van der Waals surface area contributed by atoms with Gasteiger partial charge in [-0.25, -0.2) is 4.39 Å². The Kier molecular flexibility index (Phi) is 5.11. The van der Waals surface area contributed by atoms with Crippen LogP contribution in [0.1, 0.15) is 46.1 Å². The van der Waals surface area contributed by atoms with E-state index in [0.29, 0.717) is 0 Å². The first kappa shape index (κ1) is 16.9. The molecule has 0 aromatic heterocycles. The van der Waals surface area contributed by atoms with Gasteiger partial charge >= 0.3 is 0 Å². The molecule has 118 valence electrons. The lowest BCUT2D eigenvalue weighted by Crippen LogP contribution is -2.67. The second-order valence-electron chi connectivity index (χ2n) is 6.71. The largest absolute Gasteiger partial charge is 0.308 e. The highest BCUT2D eigenvalue weighted by Gasteiger charge is 2.40. The molecule has 2 atom stereocenters. The molecule has 4 heteroatoms. The van der Waals surface area contributed by atoms with E-state index < -0.39 is 0 Å². The molecule has 1 N–H and O–H groups in total. The van der Waals surface area contributed by atoms with Gasteiger partial charge in [0.1, 0.15) is 5.82 Å². The number of benzene rings is 1. The number of nitrogens with one attached hydrogen (secondary N) is 1. The summed E-state index contributed by atoms with van der Waals surface area (Å²) in [5.74, 6) is -0.192. The summed E-state index contributed by atoms with van der Waals surface area (Å²) >= 11 is 3.50. The van der Waals surface area contributed by atoms with Crippen LogP contribution < -0.4 is 5.32 Å². The minimum absolute atomic E-state index is 0.141. The van der Waals surface area contributed by atoms with Crippen LogP contribution in [0.25, 0.3) is 0 Å².